The highest BCUT2D eigenvalue weighted by atomic mass is 16.7. The number of aliphatic hydroxyl groups is 3. The van der Waals surface area contributed by atoms with Gasteiger partial charge in [-0.1, -0.05) is 39.3 Å². The normalized spacial score (nSPS) is 55.0. The van der Waals surface area contributed by atoms with Gasteiger partial charge in [-0.25, -0.2) is 0 Å². The van der Waals surface area contributed by atoms with Crippen molar-refractivity contribution in [1.82, 2.24) is 0 Å². The molecule has 0 aromatic rings. The molecular formula is C35H54O9. The number of hydrogen-bond donors (Lipinski definition) is 3. The molecule has 0 aromatic heterocycles. The molecule has 9 nitrogen and oxygen atoms in total. The predicted molar refractivity (Wildman–Crippen MR) is 160 cm³/mol. The van der Waals surface area contributed by atoms with Gasteiger partial charge in [-0.2, -0.15) is 0 Å². The smallest absolute Gasteiger partial charge is 0.302 e. The van der Waals surface area contributed by atoms with Crippen LogP contribution in [0.1, 0.15) is 92.4 Å². The van der Waals surface area contributed by atoms with Crippen LogP contribution in [0.4, 0.5) is 0 Å². The third-order valence-corrected chi connectivity index (χ3v) is 13.8. The molecule has 3 saturated carbocycles. The molecule has 3 heterocycles. The number of esters is 1. The zero-order valence-corrected chi connectivity index (χ0v) is 27.2. The van der Waals surface area contributed by atoms with E-state index in [0.29, 0.717) is 41.6 Å². The topological polar surface area (TPSA) is 124 Å². The van der Waals surface area contributed by atoms with E-state index in [1.165, 1.54) is 31.8 Å². The van der Waals surface area contributed by atoms with E-state index in [2.05, 4.69) is 33.8 Å². The van der Waals surface area contributed by atoms with Crippen LogP contribution >= 0.6 is 0 Å². The van der Waals surface area contributed by atoms with Crippen molar-refractivity contribution in [2.45, 2.75) is 141 Å². The summed E-state index contributed by atoms with van der Waals surface area (Å²) in [6.07, 6.45) is 5.91. The molecule has 16 atom stereocenters. The van der Waals surface area contributed by atoms with E-state index in [1.54, 1.807) is 0 Å². The number of allylic oxidation sites excluding steroid dienone is 1. The van der Waals surface area contributed by atoms with Crippen LogP contribution in [0, 0.1) is 46.3 Å². The zero-order valence-electron chi connectivity index (χ0n) is 27.2. The monoisotopic (exact) mass is 618 g/mol. The number of carbonyl (C=O) groups is 1. The Labute approximate surface area is 262 Å². The summed E-state index contributed by atoms with van der Waals surface area (Å²) in [6.45, 7) is 11.6. The molecule has 6 fully saturated rings. The van der Waals surface area contributed by atoms with Crippen molar-refractivity contribution in [3.63, 3.8) is 0 Å². The maximum absolute atomic E-state index is 11.3. The number of fused-ring (bicyclic) bond motifs is 7. The summed E-state index contributed by atoms with van der Waals surface area (Å²) in [4.78, 5) is 11.3. The first-order valence-corrected chi connectivity index (χ1v) is 17.4. The number of rotatable bonds is 4. The molecule has 0 unspecified atom stereocenters. The molecule has 248 valence electrons. The summed E-state index contributed by atoms with van der Waals surface area (Å²) < 4.78 is 30.6. The van der Waals surface area contributed by atoms with Crippen molar-refractivity contribution in [2.24, 2.45) is 46.3 Å². The quantitative estimate of drug-likeness (QED) is 0.316. The van der Waals surface area contributed by atoms with Crippen molar-refractivity contribution >= 4 is 5.97 Å². The van der Waals surface area contributed by atoms with E-state index in [4.69, 9.17) is 23.7 Å². The molecule has 1 spiro atoms. The van der Waals surface area contributed by atoms with E-state index in [1.807, 2.05) is 0 Å². The molecule has 0 amide bonds. The summed E-state index contributed by atoms with van der Waals surface area (Å²) in [7, 11) is 0. The average Bonchev–Trinajstić information content (AvgIpc) is 3.43. The second-order valence-corrected chi connectivity index (χ2v) is 16.1. The number of ether oxygens (including phenoxy) is 5. The van der Waals surface area contributed by atoms with Crippen LogP contribution in [0.25, 0.3) is 0 Å². The Hall–Kier alpha value is -1.07. The molecule has 3 N–H and O–H groups in total. The van der Waals surface area contributed by atoms with Gasteiger partial charge in [0.1, 0.15) is 31.0 Å². The van der Waals surface area contributed by atoms with Crippen molar-refractivity contribution in [2.75, 3.05) is 13.2 Å². The second-order valence-electron chi connectivity index (χ2n) is 16.1. The Morgan fingerprint density at radius 2 is 1.82 bits per heavy atom. The van der Waals surface area contributed by atoms with Gasteiger partial charge in [0.2, 0.25) is 0 Å². The van der Waals surface area contributed by atoms with Gasteiger partial charge >= 0.3 is 5.97 Å². The second kappa shape index (κ2) is 11.3. The molecular weight excluding hydrogens is 564 g/mol. The molecule has 4 aliphatic carbocycles. The van der Waals surface area contributed by atoms with Crippen LogP contribution in [0.3, 0.4) is 0 Å². The van der Waals surface area contributed by atoms with Gasteiger partial charge in [0.15, 0.2) is 12.1 Å². The fourth-order valence-electron chi connectivity index (χ4n) is 11.3. The van der Waals surface area contributed by atoms with Crippen LogP contribution in [0.2, 0.25) is 0 Å². The summed E-state index contributed by atoms with van der Waals surface area (Å²) >= 11 is 0. The highest BCUT2D eigenvalue weighted by Crippen LogP contribution is 2.70. The maximum Gasteiger partial charge on any atom is 0.302 e. The molecule has 44 heavy (non-hydrogen) atoms. The average molecular weight is 619 g/mol. The third kappa shape index (κ3) is 4.86. The fraction of sp³-hybridized carbons (Fsp3) is 0.914. The number of hydrogen-bond acceptors (Lipinski definition) is 9. The van der Waals surface area contributed by atoms with E-state index >= 15 is 0 Å². The Bertz CT molecular complexity index is 1130. The Balaban J connectivity index is 1.03. The molecule has 0 bridgehead atoms. The van der Waals surface area contributed by atoms with Crippen molar-refractivity contribution in [3.05, 3.63) is 11.6 Å². The predicted octanol–water partition coefficient (Wildman–Crippen LogP) is 4.11. The summed E-state index contributed by atoms with van der Waals surface area (Å²) in [6, 6.07) is 0. The highest BCUT2D eigenvalue weighted by Gasteiger charge is 2.68. The van der Waals surface area contributed by atoms with Gasteiger partial charge in [-0.3, -0.25) is 4.79 Å². The molecule has 9 heteroatoms. The molecule has 0 radical (unpaired) electrons. The highest BCUT2D eigenvalue weighted by molar-refractivity contribution is 5.65. The first kappa shape index (κ1) is 31.5. The van der Waals surface area contributed by atoms with E-state index < -0.39 is 36.7 Å². The van der Waals surface area contributed by atoms with E-state index in [-0.39, 0.29) is 29.3 Å². The van der Waals surface area contributed by atoms with Crippen LogP contribution < -0.4 is 0 Å². The first-order valence-electron chi connectivity index (χ1n) is 17.4. The van der Waals surface area contributed by atoms with E-state index in [9.17, 15) is 20.1 Å². The van der Waals surface area contributed by atoms with Crippen LogP contribution in [0.5, 0.6) is 0 Å². The van der Waals surface area contributed by atoms with Crippen molar-refractivity contribution in [3.8, 4) is 0 Å². The minimum absolute atomic E-state index is 0.123. The zero-order chi connectivity index (χ0) is 31.2. The Kier molecular flexibility index (Phi) is 8.08. The van der Waals surface area contributed by atoms with Crippen LogP contribution in [0.15, 0.2) is 11.6 Å². The third-order valence-electron chi connectivity index (χ3n) is 13.8. The number of carbonyl (C=O) groups excluding carboxylic acids is 1. The van der Waals surface area contributed by atoms with Gasteiger partial charge in [0.05, 0.1) is 18.8 Å². The van der Waals surface area contributed by atoms with Gasteiger partial charge in [0.25, 0.3) is 0 Å². The lowest BCUT2D eigenvalue weighted by atomic mass is 9.47. The van der Waals surface area contributed by atoms with Crippen LogP contribution in [-0.2, 0) is 28.5 Å². The van der Waals surface area contributed by atoms with Crippen molar-refractivity contribution < 1.29 is 43.8 Å². The lowest BCUT2D eigenvalue weighted by molar-refractivity contribution is -0.313. The summed E-state index contributed by atoms with van der Waals surface area (Å²) in [5.41, 5.74) is 1.86. The minimum atomic E-state index is -1.45. The standard InChI is InChI=1S/C35H54O9/c1-18-8-13-35(41-16-18)19(2)28-26(44-35)15-25-23-7-6-21-14-22(9-11-33(21,4)24(23)10-12-34(25,28)5)42-32-31(39)30(38)29(37)27(43-32)17-40-20(3)36/h6,18-19,22-32,37-39H,7-17H2,1-5H3/t18-,19+,22+,23-,24+,25+,26+,27-,28+,29-,30+,31-,32-,33+,34+,35-/m1/s1. The van der Waals surface area contributed by atoms with Gasteiger partial charge in [-0.15, -0.1) is 0 Å². The largest absolute Gasteiger partial charge is 0.463 e. The Morgan fingerprint density at radius 3 is 2.55 bits per heavy atom. The molecule has 3 saturated heterocycles. The lowest BCUT2D eigenvalue weighted by Crippen LogP contribution is -2.60. The summed E-state index contributed by atoms with van der Waals surface area (Å²) in [5, 5.41) is 31.5. The van der Waals surface area contributed by atoms with Gasteiger partial charge < -0.3 is 39.0 Å². The van der Waals surface area contributed by atoms with Gasteiger partial charge in [0, 0.05) is 19.3 Å². The maximum atomic E-state index is 11.3. The molecule has 0 aromatic carbocycles. The van der Waals surface area contributed by atoms with Crippen LogP contribution in [-0.4, -0.2) is 83.2 Å². The SMILES string of the molecule is CC(=O)OC[C@H]1O[C@@H](O[C@H]2CC[C@@]3(C)C(=CC[C@H]4[C@@H]5C[C@@H]6O[C@]7(CC[C@@H](C)CO7)[C@@H](C)[C@@H]6[C@@]5(C)CC[C@@H]43)C2)[C@H](O)[C@@H](O)[C@@H]1O. The molecule has 3 aliphatic heterocycles. The Morgan fingerprint density at radius 1 is 1.02 bits per heavy atom. The van der Waals surface area contributed by atoms with E-state index in [0.717, 1.165) is 45.1 Å². The lowest BCUT2D eigenvalue weighted by Gasteiger charge is -2.58. The molecule has 7 aliphatic rings. The fourth-order valence-corrected chi connectivity index (χ4v) is 11.3. The first-order chi connectivity index (χ1) is 20.9. The molecule has 7 rings (SSSR count). The van der Waals surface area contributed by atoms with Crippen molar-refractivity contribution in [1.29, 1.82) is 0 Å². The minimum Gasteiger partial charge on any atom is -0.463 e. The summed E-state index contributed by atoms with van der Waals surface area (Å²) in [5.74, 6) is 2.68. The van der Waals surface area contributed by atoms with Gasteiger partial charge in [-0.05, 0) is 91.8 Å². The number of aliphatic hydroxyl groups excluding tert-OH is 3.